The van der Waals surface area contributed by atoms with E-state index in [0.29, 0.717) is 45.0 Å². The van der Waals surface area contributed by atoms with Gasteiger partial charge in [-0.1, -0.05) is 41.6 Å². The zero-order valence-electron chi connectivity index (χ0n) is 18.9. The average Bonchev–Trinajstić information content (AvgIpc) is 3.35. The highest BCUT2D eigenvalue weighted by Crippen LogP contribution is 2.33. The monoisotopic (exact) mass is 509 g/mol. The number of H-pyrrole nitrogens is 1. The molecule has 0 bridgehead atoms. The molecule has 5 rings (SSSR count). The predicted molar refractivity (Wildman–Crippen MR) is 136 cm³/mol. The van der Waals surface area contributed by atoms with Crippen molar-refractivity contribution in [2.45, 2.75) is 49.2 Å². The van der Waals surface area contributed by atoms with Gasteiger partial charge in [0.1, 0.15) is 0 Å². The first-order valence-corrected chi connectivity index (χ1v) is 12.9. The first-order chi connectivity index (χ1) is 17.0. The molecule has 35 heavy (non-hydrogen) atoms. The molecule has 1 amide bonds. The quantitative estimate of drug-likeness (QED) is 0.267. The number of amides is 1. The Morgan fingerprint density at radius 2 is 1.94 bits per heavy atom. The standard InChI is InChI=1S/C25H24ClN5O3S/c26-17-5-3-4-16(14-17)24-31-30-23(34-24)15-8-10-18(11-9-15)27-21(32)12-13-35-25-28-20-7-2-1-6-19(20)22(33)29-25/h1-7,14-15,18H,8-13H2,(H,27,32)(H,28,29,33)/t15-,18-. The van der Waals surface area contributed by atoms with Crippen LogP contribution in [0.25, 0.3) is 22.4 Å². The number of aromatic amines is 1. The molecular formula is C25H24ClN5O3S. The molecule has 2 heterocycles. The Kier molecular flexibility index (Phi) is 7.15. The van der Waals surface area contributed by atoms with E-state index < -0.39 is 0 Å². The van der Waals surface area contributed by atoms with E-state index in [2.05, 4.69) is 25.5 Å². The van der Waals surface area contributed by atoms with E-state index in [0.717, 1.165) is 31.2 Å². The second kappa shape index (κ2) is 10.6. The largest absolute Gasteiger partial charge is 0.420 e. The minimum Gasteiger partial charge on any atom is -0.420 e. The van der Waals surface area contributed by atoms with Gasteiger partial charge < -0.3 is 14.7 Å². The molecule has 2 aromatic carbocycles. The fourth-order valence-corrected chi connectivity index (χ4v) is 5.29. The molecule has 8 nitrogen and oxygen atoms in total. The van der Waals surface area contributed by atoms with E-state index in [1.165, 1.54) is 11.8 Å². The Labute approximate surface area is 210 Å². The zero-order chi connectivity index (χ0) is 24.2. The molecule has 0 unspecified atom stereocenters. The predicted octanol–water partition coefficient (Wildman–Crippen LogP) is 4.95. The smallest absolute Gasteiger partial charge is 0.259 e. The first kappa shape index (κ1) is 23.6. The molecule has 1 aliphatic rings. The third-order valence-electron chi connectivity index (χ3n) is 6.11. The van der Waals surface area contributed by atoms with Crippen molar-refractivity contribution < 1.29 is 9.21 Å². The summed E-state index contributed by atoms with van der Waals surface area (Å²) in [5.41, 5.74) is 1.29. The number of hydrogen-bond acceptors (Lipinski definition) is 7. The van der Waals surface area contributed by atoms with Crippen LogP contribution in [-0.4, -0.2) is 37.9 Å². The number of nitrogens with zero attached hydrogens (tertiary/aromatic N) is 3. The fourth-order valence-electron chi connectivity index (χ4n) is 4.30. The molecule has 0 atom stereocenters. The maximum absolute atomic E-state index is 12.5. The van der Waals surface area contributed by atoms with E-state index in [4.69, 9.17) is 16.0 Å². The van der Waals surface area contributed by atoms with Crippen LogP contribution in [0.15, 0.2) is 62.9 Å². The van der Waals surface area contributed by atoms with Gasteiger partial charge in [-0.05, 0) is 56.0 Å². The lowest BCUT2D eigenvalue weighted by molar-refractivity contribution is -0.121. The maximum Gasteiger partial charge on any atom is 0.259 e. The van der Waals surface area contributed by atoms with Crippen molar-refractivity contribution in [3.05, 3.63) is 69.8 Å². The van der Waals surface area contributed by atoms with Crippen LogP contribution in [0.4, 0.5) is 0 Å². The van der Waals surface area contributed by atoms with Gasteiger partial charge in [0.25, 0.3) is 5.56 Å². The van der Waals surface area contributed by atoms with Gasteiger partial charge in [0, 0.05) is 34.7 Å². The Morgan fingerprint density at radius 1 is 1.11 bits per heavy atom. The van der Waals surface area contributed by atoms with Gasteiger partial charge in [0.15, 0.2) is 5.16 Å². The van der Waals surface area contributed by atoms with Gasteiger partial charge in [0.05, 0.1) is 10.9 Å². The van der Waals surface area contributed by atoms with E-state index in [-0.39, 0.29) is 23.4 Å². The van der Waals surface area contributed by atoms with Crippen LogP contribution in [0.1, 0.15) is 43.9 Å². The van der Waals surface area contributed by atoms with Crippen LogP contribution in [-0.2, 0) is 4.79 Å². The third kappa shape index (κ3) is 5.74. The Hall–Kier alpha value is -3.17. The molecule has 1 saturated carbocycles. The molecule has 0 saturated heterocycles. The Morgan fingerprint density at radius 3 is 2.77 bits per heavy atom. The molecule has 4 aromatic rings. The van der Waals surface area contributed by atoms with Crippen LogP contribution in [0.2, 0.25) is 5.02 Å². The molecule has 180 valence electrons. The highest BCUT2D eigenvalue weighted by Gasteiger charge is 2.27. The number of halogens is 1. The molecule has 0 aliphatic heterocycles. The van der Waals surface area contributed by atoms with Gasteiger partial charge in [-0.3, -0.25) is 9.59 Å². The van der Waals surface area contributed by atoms with Crippen LogP contribution >= 0.6 is 23.4 Å². The Bertz CT molecular complexity index is 1400. The zero-order valence-corrected chi connectivity index (χ0v) is 20.4. The molecular weight excluding hydrogens is 486 g/mol. The van der Waals surface area contributed by atoms with Gasteiger partial charge >= 0.3 is 0 Å². The van der Waals surface area contributed by atoms with Crippen molar-refractivity contribution in [1.82, 2.24) is 25.5 Å². The molecule has 0 radical (unpaired) electrons. The second-order valence-electron chi connectivity index (χ2n) is 8.56. The normalized spacial score (nSPS) is 18.0. The molecule has 10 heteroatoms. The van der Waals surface area contributed by atoms with Crippen molar-refractivity contribution in [2.75, 3.05) is 5.75 Å². The van der Waals surface area contributed by atoms with E-state index in [9.17, 15) is 9.59 Å². The summed E-state index contributed by atoms with van der Waals surface area (Å²) in [5, 5.41) is 13.3. The summed E-state index contributed by atoms with van der Waals surface area (Å²) in [4.78, 5) is 31.9. The number of hydrogen-bond donors (Lipinski definition) is 2. The van der Waals surface area contributed by atoms with Gasteiger partial charge in [-0.25, -0.2) is 4.98 Å². The van der Waals surface area contributed by atoms with Crippen molar-refractivity contribution in [2.24, 2.45) is 0 Å². The summed E-state index contributed by atoms with van der Waals surface area (Å²) in [5.74, 6) is 1.84. The highest BCUT2D eigenvalue weighted by molar-refractivity contribution is 7.99. The number of benzene rings is 2. The number of carbonyl (C=O) groups is 1. The average molecular weight is 510 g/mol. The lowest BCUT2D eigenvalue weighted by Crippen LogP contribution is -2.37. The number of thioether (sulfide) groups is 1. The van der Waals surface area contributed by atoms with Gasteiger partial charge in [-0.2, -0.15) is 0 Å². The summed E-state index contributed by atoms with van der Waals surface area (Å²) in [7, 11) is 0. The molecule has 2 aromatic heterocycles. The van der Waals surface area contributed by atoms with Crippen LogP contribution in [0.3, 0.4) is 0 Å². The van der Waals surface area contributed by atoms with Gasteiger partial charge in [0.2, 0.25) is 17.7 Å². The number of para-hydroxylation sites is 1. The summed E-state index contributed by atoms with van der Waals surface area (Å²) in [6.45, 7) is 0. The summed E-state index contributed by atoms with van der Waals surface area (Å²) < 4.78 is 5.91. The summed E-state index contributed by atoms with van der Waals surface area (Å²) >= 11 is 7.43. The minimum atomic E-state index is -0.166. The number of aromatic nitrogens is 4. The number of fused-ring (bicyclic) bond motifs is 1. The van der Waals surface area contributed by atoms with Crippen molar-refractivity contribution in [1.29, 1.82) is 0 Å². The second-order valence-corrected chi connectivity index (χ2v) is 10.1. The number of carbonyl (C=O) groups excluding carboxylic acids is 1. The molecule has 1 fully saturated rings. The topological polar surface area (TPSA) is 114 Å². The van der Waals surface area contributed by atoms with Crippen molar-refractivity contribution in [3.8, 4) is 11.5 Å². The molecule has 0 spiro atoms. The van der Waals surface area contributed by atoms with Crippen LogP contribution < -0.4 is 10.9 Å². The molecule has 1 aliphatic carbocycles. The highest BCUT2D eigenvalue weighted by atomic mass is 35.5. The van der Waals surface area contributed by atoms with Crippen LogP contribution in [0.5, 0.6) is 0 Å². The van der Waals surface area contributed by atoms with E-state index in [1.807, 2.05) is 30.3 Å². The van der Waals surface area contributed by atoms with Crippen LogP contribution in [0, 0.1) is 0 Å². The number of nitrogens with one attached hydrogen (secondary N) is 2. The van der Waals surface area contributed by atoms with Gasteiger partial charge in [-0.15, -0.1) is 10.2 Å². The maximum atomic E-state index is 12.5. The fraction of sp³-hybridized carbons (Fsp3) is 0.320. The Balaban J connectivity index is 1.08. The minimum absolute atomic E-state index is 0.00474. The summed E-state index contributed by atoms with van der Waals surface area (Å²) in [6.07, 6.45) is 3.82. The third-order valence-corrected chi connectivity index (χ3v) is 7.22. The SMILES string of the molecule is O=C(CCSc1nc2ccccc2c(=O)[nH]1)N[C@H]1CC[C@H](c2nnc(-c3cccc(Cl)c3)o2)CC1. The lowest BCUT2D eigenvalue weighted by Gasteiger charge is -2.27. The van der Waals surface area contributed by atoms with E-state index in [1.54, 1.807) is 18.2 Å². The first-order valence-electron chi connectivity index (χ1n) is 11.6. The lowest BCUT2D eigenvalue weighted by atomic mass is 9.86. The van der Waals surface area contributed by atoms with E-state index >= 15 is 0 Å². The van der Waals surface area contributed by atoms with Crippen molar-refractivity contribution >= 4 is 40.2 Å². The molecule has 2 N–H and O–H groups in total. The van der Waals surface area contributed by atoms with Crippen molar-refractivity contribution in [3.63, 3.8) is 0 Å². The summed E-state index contributed by atoms with van der Waals surface area (Å²) in [6, 6.07) is 14.7. The number of rotatable bonds is 7.